The van der Waals surface area contributed by atoms with Gasteiger partial charge < -0.3 is 5.32 Å². The van der Waals surface area contributed by atoms with Crippen LogP contribution in [0.4, 0.5) is 0 Å². The third kappa shape index (κ3) is 2.55. The molecule has 2 aliphatic rings. The predicted octanol–water partition coefficient (Wildman–Crippen LogP) is 4.65. The maximum absolute atomic E-state index is 6.52. The summed E-state index contributed by atoms with van der Waals surface area (Å²) in [5, 5.41) is 4.62. The van der Waals surface area contributed by atoms with Crippen molar-refractivity contribution in [2.24, 2.45) is 17.8 Å². The fourth-order valence-electron chi connectivity index (χ4n) is 3.83. The van der Waals surface area contributed by atoms with Gasteiger partial charge in [0.05, 0.1) is 0 Å². The van der Waals surface area contributed by atoms with Gasteiger partial charge in [0.2, 0.25) is 0 Å². The van der Waals surface area contributed by atoms with E-state index in [1.807, 2.05) is 0 Å². The molecule has 1 aromatic rings. The van der Waals surface area contributed by atoms with Crippen LogP contribution in [0.15, 0.2) is 12.1 Å². The maximum Gasteiger partial charge on any atom is 0.0456 e. The zero-order chi connectivity index (χ0) is 13.6. The molecule has 0 heterocycles. The number of hydrogen-bond donors (Lipinski definition) is 1. The topological polar surface area (TPSA) is 12.0 Å². The van der Waals surface area contributed by atoms with Gasteiger partial charge in [-0.2, -0.15) is 0 Å². The first kappa shape index (κ1) is 13.5. The van der Waals surface area contributed by atoms with Gasteiger partial charge in [-0.25, -0.2) is 0 Å². The van der Waals surface area contributed by atoms with E-state index in [1.54, 1.807) is 0 Å². The van der Waals surface area contributed by atoms with E-state index in [4.69, 9.17) is 11.6 Å². The summed E-state index contributed by atoms with van der Waals surface area (Å²) in [5.41, 5.74) is 3.96. The Morgan fingerprint density at radius 1 is 1.16 bits per heavy atom. The van der Waals surface area contributed by atoms with Gasteiger partial charge in [0, 0.05) is 11.1 Å². The summed E-state index contributed by atoms with van der Waals surface area (Å²) in [5.74, 6) is 2.83. The summed E-state index contributed by atoms with van der Waals surface area (Å²) in [6, 6.07) is 4.88. The first-order chi connectivity index (χ1) is 9.10. The molecular weight excluding hydrogens is 254 g/mol. The third-order valence-corrected chi connectivity index (χ3v) is 5.45. The largest absolute Gasteiger partial charge is 0.310 e. The lowest BCUT2D eigenvalue weighted by atomic mass is 9.87. The quantitative estimate of drug-likeness (QED) is 0.844. The standard InChI is InChI=1S/C17H24ClN/c1-4-19-17(14-8-12-7-13(12)9-14)15-5-10(2)11(3)6-16(15)18/h5-6,12-14,17,19H,4,7-9H2,1-3H3. The average molecular weight is 278 g/mol. The van der Waals surface area contributed by atoms with E-state index in [0.717, 1.165) is 29.3 Å². The van der Waals surface area contributed by atoms with E-state index >= 15 is 0 Å². The molecule has 3 unspecified atom stereocenters. The molecule has 0 aromatic heterocycles. The number of benzene rings is 1. The number of fused-ring (bicyclic) bond motifs is 1. The van der Waals surface area contributed by atoms with Crippen molar-refractivity contribution in [2.75, 3.05) is 6.54 Å². The van der Waals surface area contributed by atoms with Gasteiger partial charge in [-0.05, 0) is 80.2 Å². The first-order valence-corrected chi connectivity index (χ1v) is 7.98. The highest BCUT2D eigenvalue weighted by molar-refractivity contribution is 6.31. The van der Waals surface area contributed by atoms with Crippen molar-refractivity contribution in [2.45, 2.75) is 46.1 Å². The molecule has 0 bridgehead atoms. The number of aryl methyl sites for hydroxylation is 2. The van der Waals surface area contributed by atoms with E-state index in [2.05, 4.69) is 38.2 Å². The van der Waals surface area contributed by atoms with Crippen LogP contribution in [0.25, 0.3) is 0 Å². The highest BCUT2D eigenvalue weighted by Crippen LogP contribution is 2.57. The zero-order valence-electron chi connectivity index (χ0n) is 12.2. The monoisotopic (exact) mass is 277 g/mol. The summed E-state index contributed by atoms with van der Waals surface area (Å²) in [6.45, 7) is 7.53. The Hall–Kier alpha value is -0.530. The fraction of sp³-hybridized carbons (Fsp3) is 0.647. The Labute approximate surface area is 121 Å². The summed E-state index contributed by atoms with van der Waals surface area (Å²) < 4.78 is 0. The molecule has 2 saturated carbocycles. The van der Waals surface area contributed by atoms with E-state index in [9.17, 15) is 0 Å². The van der Waals surface area contributed by atoms with Gasteiger partial charge in [-0.1, -0.05) is 24.6 Å². The molecule has 0 spiro atoms. The van der Waals surface area contributed by atoms with Gasteiger partial charge in [0.1, 0.15) is 0 Å². The number of nitrogens with one attached hydrogen (secondary N) is 1. The molecular formula is C17H24ClN. The minimum Gasteiger partial charge on any atom is -0.310 e. The first-order valence-electron chi connectivity index (χ1n) is 7.60. The van der Waals surface area contributed by atoms with E-state index in [0.29, 0.717) is 6.04 Å². The van der Waals surface area contributed by atoms with Crippen LogP contribution in [-0.2, 0) is 0 Å². The van der Waals surface area contributed by atoms with Gasteiger partial charge in [0.25, 0.3) is 0 Å². The Bertz CT molecular complexity index is 472. The molecule has 2 aliphatic carbocycles. The van der Waals surface area contributed by atoms with Crippen LogP contribution in [0.1, 0.15) is 48.9 Å². The summed E-state index contributed by atoms with van der Waals surface area (Å²) in [6.07, 6.45) is 4.27. The average Bonchev–Trinajstić information content (AvgIpc) is 2.98. The molecule has 0 saturated heterocycles. The van der Waals surface area contributed by atoms with Crippen molar-refractivity contribution in [1.82, 2.24) is 5.32 Å². The molecule has 2 heteroatoms. The molecule has 104 valence electrons. The number of rotatable bonds is 4. The SMILES string of the molecule is CCNC(c1cc(C)c(C)cc1Cl)C1CC2CC2C1. The van der Waals surface area contributed by atoms with Gasteiger partial charge in [-0.3, -0.25) is 0 Å². The Balaban J connectivity index is 1.88. The lowest BCUT2D eigenvalue weighted by Gasteiger charge is -2.27. The van der Waals surface area contributed by atoms with E-state index in [-0.39, 0.29) is 0 Å². The van der Waals surface area contributed by atoms with Crippen molar-refractivity contribution in [3.05, 3.63) is 33.8 Å². The normalized spacial score (nSPS) is 30.2. The second-order valence-corrected chi connectivity index (χ2v) is 6.89. The molecule has 19 heavy (non-hydrogen) atoms. The summed E-state index contributed by atoms with van der Waals surface area (Å²) in [4.78, 5) is 0. The van der Waals surface area contributed by atoms with Crippen molar-refractivity contribution in [3.8, 4) is 0 Å². The molecule has 0 aliphatic heterocycles. The fourth-order valence-corrected chi connectivity index (χ4v) is 4.16. The van der Waals surface area contributed by atoms with Crippen molar-refractivity contribution < 1.29 is 0 Å². The third-order valence-electron chi connectivity index (χ3n) is 5.12. The van der Waals surface area contributed by atoms with Crippen LogP contribution in [0.3, 0.4) is 0 Å². The van der Waals surface area contributed by atoms with E-state index in [1.165, 1.54) is 36.0 Å². The maximum atomic E-state index is 6.52. The minimum atomic E-state index is 0.449. The number of halogens is 1. The predicted molar refractivity (Wildman–Crippen MR) is 81.7 cm³/mol. The highest BCUT2D eigenvalue weighted by atomic mass is 35.5. The van der Waals surface area contributed by atoms with Crippen LogP contribution < -0.4 is 5.32 Å². The van der Waals surface area contributed by atoms with Gasteiger partial charge >= 0.3 is 0 Å². The molecule has 3 rings (SSSR count). The molecule has 2 fully saturated rings. The molecule has 3 atom stereocenters. The van der Waals surface area contributed by atoms with Crippen LogP contribution in [0.2, 0.25) is 5.02 Å². The van der Waals surface area contributed by atoms with Gasteiger partial charge in [-0.15, -0.1) is 0 Å². The Morgan fingerprint density at radius 2 is 1.79 bits per heavy atom. The second kappa shape index (κ2) is 5.10. The summed E-state index contributed by atoms with van der Waals surface area (Å²) in [7, 11) is 0. The van der Waals surface area contributed by atoms with Crippen LogP contribution in [0.5, 0.6) is 0 Å². The smallest absolute Gasteiger partial charge is 0.0456 e. The molecule has 0 amide bonds. The number of hydrogen-bond acceptors (Lipinski definition) is 1. The van der Waals surface area contributed by atoms with Crippen LogP contribution in [0, 0.1) is 31.6 Å². The van der Waals surface area contributed by atoms with Crippen LogP contribution in [-0.4, -0.2) is 6.54 Å². The minimum absolute atomic E-state index is 0.449. The molecule has 1 nitrogen and oxygen atoms in total. The van der Waals surface area contributed by atoms with Crippen LogP contribution >= 0.6 is 11.6 Å². The van der Waals surface area contributed by atoms with E-state index < -0.39 is 0 Å². The summed E-state index contributed by atoms with van der Waals surface area (Å²) >= 11 is 6.52. The second-order valence-electron chi connectivity index (χ2n) is 6.48. The highest BCUT2D eigenvalue weighted by Gasteiger charge is 2.48. The van der Waals surface area contributed by atoms with Crippen molar-refractivity contribution in [1.29, 1.82) is 0 Å². The van der Waals surface area contributed by atoms with Crippen molar-refractivity contribution in [3.63, 3.8) is 0 Å². The molecule has 1 aromatic carbocycles. The Kier molecular flexibility index (Phi) is 3.61. The molecule has 0 radical (unpaired) electrons. The lowest BCUT2D eigenvalue weighted by molar-refractivity contribution is 0.346. The Morgan fingerprint density at radius 3 is 2.42 bits per heavy atom. The molecule has 1 N–H and O–H groups in total. The van der Waals surface area contributed by atoms with Crippen molar-refractivity contribution >= 4 is 11.6 Å². The lowest BCUT2D eigenvalue weighted by Crippen LogP contribution is -2.28. The van der Waals surface area contributed by atoms with Gasteiger partial charge in [0.15, 0.2) is 0 Å². The zero-order valence-corrected chi connectivity index (χ0v) is 12.9.